The first-order valence-corrected chi connectivity index (χ1v) is 6.63. The lowest BCUT2D eigenvalue weighted by atomic mass is 9.97. The molecule has 1 N–H and O–H groups in total. The van der Waals surface area contributed by atoms with Gasteiger partial charge in [-0.2, -0.15) is 0 Å². The maximum absolute atomic E-state index is 12.0. The van der Waals surface area contributed by atoms with Crippen molar-refractivity contribution in [3.05, 3.63) is 24.0 Å². The quantitative estimate of drug-likeness (QED) is 0.892. The van der Waals surface area contributed by atoms with Crippen LogP contribution in [0.25, 0.3) is 0 Å². The number of piperidine rings is 1. The molecule has 0 spiro atoms. The molecule has 2 rings (SSSR count). The summed E-state index contributed by atoms with van der Waals surface area (Å²) >= 11 is 0. The number of hydrogen-bond donors (Lipinski definition) is 1. The first-order chi connectivity index (χ1) is 9.58. The van der Waals surface area contributed by atoms with Gasteiger partial charge in [-0.1, -0.05) is 0 Å². The number of amides is 1. The number of aliphatic carboxylic acids is 1. The molecule has 1 fully saturated rings. The summed E-state index contributed by atoms with van der Waals surface area (Å²) in [6.07, 6.45) is 2.68. The van der Waals surface area contributed by atoms with Gasteiger partial charge in [-0.05, 0) is 31.9 Å². The molecule has 0 radical (unpaired) electrons. The third kappa shape index (κ3) is 3.46. The lowest BCUT2D eigenvalue weighted by molar-refractivity contribution is -0.146. The van der Waals surface area contributed by atoms with Crippen molar-refractivity contribution in [3.8, 4) is 5.75 Å². The van der Waals surface area contributed by atoms with Gasteiger partial charge in [0.05, 0.1) is 11.6 Å². The van der Waals surface area contributed by atoms with Crippen molar-refractivity contribution in [2.24, 2.45) is 5.92 Å². The first-order valence-electron chi connectivity index (χ1n) is 6.63. The molecule has 1 aromatic heterocycles. The van der Waals surface area contributed by atoms with Gasteiger partial charge < -0.3 is 14.7 Å². The third-order valence-corrected chi connectivity index (χ3v) is 3.51. The smallest absolute Gasteiger partial charge is 0.306 e. The Labute approximate surface area is 117 Å². The van der Waals surface area contributed by atoms with E-state index < -0.39 is 5.97 Å². The SMILES string of the molecule is Cc1ncccc1OCC(=O)N1CCC(C(=O)O)CC1. The van der Waals surface area contributed by atoms with Crippen molar-refractivity contribution in [2.45, 2.75) is 19.8 Å². The molecule has 1 saturated heterocycles. The average Bonchev–Trinajstić information content (AvgIpc) is 2.46. The van der Waals surface area contributed by atoms with Crippen molar-refractivity contribution in [3.63, 3.8) is 0 Å². The van der Waals surface area contributed by atoms with Crippen LogP contribution in [0.2, 0.25) is 0 Å². The van der Waals surface area contributed by atoms with Crippen LogP contribution in [-0.2, 0) is 9.59 Å². The van der Waals surface area contributed by atoms with Crippen molar-refractivity contribution < 1.29 is 19.4 Å². The van der Waals surface area contributed by atoms with E-state index in [1.165, 1.54) is 0 Å². The molecule has 6 heteroatoms. The van der Waals surface area contributed by atoms with Crippen LogP contribution in [0.3, 0.4) is 0 Å². The Hall–Kier alpha value is -2.11. The van der Waals surface area contributed by atoms with Crippen LogP contribution in [0.15, 0.2) is 18.3 Å². The lowest BCUT2D eigenvalue weighted by Crippen LogP contribution is -2.42. The summed E-state index contributed by atoms with van der Waals surface area (Å²) in [6.45, 7) is 2.73. The van der Waals surface area contributed by atoms with E-state index in [2.05, 4.69) is 4.98 Å². The normalized spacial score (nSPS) is 15.9. The number of carbonyl (C=O) groups excluding carboxylic acids is 1. The number of ether oxygens (including phenoxy) is 1. The molecule has 0 unspecified atom stereocenters. The maximum Gasteiger partial charge on any atom is 0.306 e. The topological polar surface area (TPSA) is 79.7 Å². The molecule has 0 bridgehead atoms. The Morgan fingerprint density at radius 1 is 1.45 bits per heavy atom. The van der Waals surface area contributed by atoms with E-state index >= 15 is 0 Å². The van der Waals surface area contributed by atoms with E-state index in [4.69, 9.17) is 9.84 Å². The number of pyridine rings is 1. The molecule has 0 aromatic carbocycles. The molecule has 0 saturated carbocycles. The van der Waals surface area contributed by atoms with E-state index in [0.29, 0.717) is 31.7 Å². The van der Waals surface area contributed by atoms with E-state index in [1.54, 1.807) is 23.2 Å². The number of carboxylic acid groups (broad SMARTS) is 1. The number of likely N-dealkylation sites (tertiary alicyclic amines) is 1. The third-order valence-electron chi connectivity index (χ3n) is 3.51. The van der Waals surface area contributed by atoms with Gasteiger partial charge in [0.2, 0.25) is 0 Å². The van der Waals surface area contributed by atoms with Crippen LogP contribution in [-0.4, -0.2) is 46.6 Å². The van der Waals surface area contributed by atoms with Crippen LogP contribution >= 0.6 is 0 Å². The van der Waals surface area contributed by atoms with Crippen molar-refractivity contribution in [2.75, 3.05) is 19.7 Å². The van der Waals surface area contributed by atoms with Gasteiger partial charge >= 0.3 is 5.97 Å². The minimum absolute atomic E-state index is 0.0374. The van der Waals surface area contributed by atoms with Crippen LogP contribution < -0.4 is 4.74 Å². The number of aryl methyl sites for hydroxylation is 1. The number of aromatic nitrogens is 1. The fourth-order valence-corrected chi connectivity index (χ4v) is 2.23. The largest absolute Gasteiger partial charge is 0.482 e. The van der Waals surface area contributed by atoms with Gasteiger partial charge in [-0.15, -0.1) is 0 Å². The zero-order chi connectivity index (χ0) is 14.5. The zero-order valence-corrected chi connectivity index (χ0v) is 11.4. The second kappa shape index (κ2) is 6.36. The summed E-state index contributed by atoms with van der Waals surface area (Å²) < 4.78 is 5.46. The Kier molecular flexibility index (Phi) is 4.55. The van der Waals surface area contributed by atoms with Gasteiger partial charge in [0.1, 0.15) is 5.75 Å². The standard InChI is InChI=1S/C14H18N2O4/c1-10-12(3-2-6-15-10)20-9-13(17)16-7-4-11(5-8-16)14(18)19/h2-3,6,11H,4-5,7-9H2,1H3,(H,18,19). The van der Waals surface area contributed by atoms with Crippen LogP contribution in [0, 0.1) is 12.8 Å². The van der Waals surface area contributed by atoms with Gasteiger partial charge in [0, 0.05) is 19.3 Å². The molecule has 1 amide bonds. The predicted octanol–water partition coefficient (Wildman–Crippen LogP) is 1.09. The lowest BCUT2D eigenvalue weighted by Gasteiger charge is -2.30. The van der Waals surface area contributed by atoms with Crippen LogP contribution in [0.1, 0.15) is 18.5 Å². The molecular weight excluding hydrogens is 260 g/mol. The second-order valence-corrected chi connectivity index (χ2v) is 4.87. The Morgan fingerprint density at radius 2 is 2.15 bits per heavy atom. The number of rotatable bonds is 4. The highest BCUT2D eigenvalue weighted by Gasteiger charge is 2.27. The molecule has 108 valence electrons. The number of hydrogen-bond acceptors (Lipinski definition) is 4. The molecule has 1 aliphatic rings. The monoisotopic (exact) mass is 278 g/mol. The predicted molar refractivity (Wildman–Crippen MR) is 71.4 cm³/mol. The zero-order valence-electron chi connectivity index (χ0n) is 11.4. The van der Waals surface area contributed by atoms with Crippen molar-refractivity contribution in [1.29, 1.82) is 0 Å². The molecular formula is C14H18N2O4. The van der Waals surface area contributed by atoms with Crippen LogP contribution in [0.4, 0.5) is 0 Å². The van der Waals surface area contributed by atoms with E-state index in [1.807, 2.05) is 6.92 Å². The highest BCUT2D eigenvalue weighted by atomic mass is 16.5. The fraction of sp³-hybridized carbons (Fsp3) is 0.500. The summed E-state index contributed by atoms with van der Waals surface area (Å²) in [6, 6.07) is 3.53. The van der Waals surface area contributed by atoms with Gasteiger partial charge in [-0.25, -0.2) is 0 Å². The summed E-state index contributed by atoms with van der Waals surface area (Å²) in [5.41, 5.74) is 0.741. The highest BCUT2D eigenvalue weighted by Crippen LogP contribution is 2.18. The van der Waals surface area contributed by atoms with E-state index in [0.717, 1.165) is 5.69 Å². The minimum Gasteiger partial charge on any atom is -0.482 e. The van der Waals surface area contributed by atoms with Gasteiger partial charge in [0.15, 0.2) is 6.61 Å². The molecule has 1 aromatic rings. The fourth-order valence-electron chi connectivity index (χ4n) is 2.23. The summed E-state index contributed by atoms with van der Waals surface area (Å²) in [7, 11) is 0. The molecule has 1 aliphatic heterocycles. The summed E-state index contributed by atoms with van der Waals surface area (Å²) in [4.78, 5) is 28.6. The summed E-state index contributed by atoms with van der Waals surface area (Å²) in [5.74, 6) is -0.627. The highest BCUT2D eigenvalue weighted by molar-refractivity contribution is 5.78. The second-order valence-electron chi connectivity index (χ2n) is 4.87. The molecule has 0 atom stereocenters. The number of carbonyl (C=O) groups is 2. The number of carboxylic acids is 1. The average molecular weight is 278 g/mol. The molecule has 6 nitrogen and oxygen atoms in total. The summed E-state index contributed by atoms with van der Waals surface area (Å²) in [5, 5.41) is 8.91. The Balaban J connectivity index is 1.82. The molecule has 2 heterocycles. The number of nitrogens with zero attached hydrogens (tertiary/aromatic N) is 2. The van der Waals surface area contributed by atoms with Crippen LogP contribution in [0.5, 0.6) is 5.75 Å². The molecule has 20 heavy (non-hydrogen) atoms. The first kappa shape index (κ1) is 14.3. The van der Waals surface area contributed by atoms with Gasteiger partial charge in [0.25, 0.3) is 5.91 Å². The Morgan fingerprint density at radius 3 is 2.75 bits per heavy atom. The Bertz CT molecular complexity index is 496. The molecule has 0 aliphatic carbocycles. The van der Waals surface area contributed by atoms with Gasteiger partial charge in [-0.3, -0.25) is 14.6 Å². The minimum atomic E-state index is -0.778. The van der Waals surface area contributed by atoms with Crippen molar-refractivity contribution in [1.82, 2.24) is 9.88 Å². The van der Waals surface area contributed by atoms with Crippen molar-refractivity contribution >= 4 is 11.9 Å². The van der Waals surface area contributed by atoms with E-state index in [9.17, 15) is 9.59 Å². The van der Waals surface area contributed by atoms with E-state index in [-0.39, 0.29) is 18.4 Å². The maximum atomic E-state index is 12.0.